The SMILES string of the molecule is Cc1c(Cl)cccc1N1C(=O)C(c2ccccc2)=C(N(C)Cc2ccccc2)C1=O. The Morgan fingerprint density at radius 3 is 2.13 bits per heavy atom. The molecule has 5 heteroatoms. The Labute approximate surface area is 181 Å². The van der Waals surface area contributed by atoms with Crippen LogP contribution < -0.4 is 4.90 Å². The van der Waals surface area contributed by atoms with E-state index in [1.54, 1.807) is 18.2 Å². The minimum absolute atomic E-state index is 0.341. The van der Waals surface area contributed by atoms with Crippen LogP contribution in [0.2, 0.25) is 5.02 Å². The summed E-state index contributed by atoms with van der Waals surface area (Å²) in [5.41, 5.74) is 3.76. The molecule has 3 aromatic rings. The average Bonchev–Trinajstić information content (AvgIpc) is 3.02. The van der Waals surface area contributed by atoms with Gasteiger partial charge in [0, 0.05) is 18.6 Å². The Morgan fingerprint density at radius 2 is 1.47 bits per heavy atom. The third kappa shape index (κ3) is 3.51. The van der Waals surface area contributed by atoms with Crippen molar-refractivity contribution in [1.82, 2.24) is 4.90 Å². The highest BCUT2D eigenvalue weighted by Gasteiger charge is 2.42. The van der Waals surface area contributed by atoms with Gasteiger partial charge in [-0.05, 0) is 35.7 Å². The lowest BCUT2D eigenvalue weighted by Crippen LogP contribution is -2.34. The quantitative estimate of drug-likeness (QED) is 0.545. The molecule has 0 aliphatic carbocycles. The van der Waals surface area contributed by atoms with Gasteiger partial charge in [0.1, 0.15) is 5.70 Å². The van der Waals surface area contributed by atoms with Crippen LogP contribution in [0.15, 0.2) is 84.6 Å². The maximum atomic E-state index is 13.6. The summed E-state index contributed by atoms with van der Waals surface area (Å²) in [5, 5.41) is 0.514. The highest BCUT2D eigenvalue weighted by atomic mass is 35.5. The van der Waals surface area contributed by atoms with Crippen molar-refractivity contribution in [2.24, 2.45) is 0 Å². The van der Waals surface area contributed by atoms with E-state index in [2.05, 4.69) is 0 Å². The third-order valence-corrected chi connectivity index (χ3v) is 5.66. The van der Waals surface area contributed by atoms with E-state index in [-0.39, 0.29) is 11.8 Å². The third-order valence-electron chi connectivity index (χ3n) is 5.25. The van der Waals surface area contributed by atoms with E-state index in [1.165, 1.54) is 4.90 Å². The summed E-state index contributed by atoms with van der Waals surface area (Å²) in [6.07, 6.45) is 0. The van der Waals surface area contributed by atoms with Gasteiger partial charge in [-0.25, -0.2) is 4.90 Å². The lowest BCUT2D eigenvalue weighted by Gasteiger charge is -2.22. The van der Waals surface area contributed by atoms with Gasteiger partial charge in [-0.3, -0.25) is 9.59 Å². The molecule has 4 nitrogen and oxygen atoms in total. The molecule has 0 saturated heterocycles. The number of halogens is 1. The van der Waals surface area contributed by atoms with E-state index in [9.17, 15) is 9.59 Å². The Hall–Kier alpha value is -3.37. The zero-order valence-electron chi connectivity index (χ0n) is 16.8. The van der Waals surface area contributed by atoms with E-state index in [0.29, 0.717) is 39.7 Å². The molecular weight excluding hydrogens is 396 g/mol. The van der Waals surface area contributed by atoms with Crippen LogP contribution in [0.3, 0.4) is 0 Å². The number of amides is 2. The van der Waals surface area contributed by atoms with E-state index in [1.807, 2.05) is 79.5 Å². The monoisotopic (exact) mass is 416 g/mol. The standard InChI is InChI=1S/C25H21ClN2O2/c1-17-20(26)14-9-15-21(17)28-24(29)22(19-12-7-4-8-13-19)23(25(28)30)27(2)16-18-10-5-3-6-11-18/h3-15H,16H2,1-2H3. The molecule has 0 fully saturated rings. The zero-order valence-corrected chi connectivity index (χ0v) is 17.6. The maximum absolute atomic E-state index is 13.6. The normalized spacial score (nSPS) is 13.9. The van der Waals surface area contributed by atoms with Gasteiger partial charge in [-0.1, -0.05) is 78.3 Å². The second kappa shape index (κ2) is 8.17. The first-order valence-corrected chi connectivity index (χ1v) is 10.1. The molecule has 0 unspecified atom stereocenters. The molecule has 0 radical (unpaired) electrons. The number of benzene rings is 3. The van der Waals surface area contributed by atoms with Crippen molar-refractivity contribution >= 4 is 34.7 Å². The Morgan fingerprint density at radius 1 is 0.833 bits per heavy atom. The summed E-state index contributed by atoms with van der Waals surface area (Å²) in [6.45, 7) is 2.32. The first kappa shape index (κ1) is 19.9. The summed E-state index contributed by atoms with van der Waals surface area (Å²) in [5.74, 6) is -0.686. The van der Waals surface area contributed by atoms with Crippen LogP contribution in [0.4, 0.5) is 5.69 Å². The number of hydrogen-bond donors (Lipinski definition) is 0. The summed E-state index contributed by atoms with van der Waals surface area (Å²) in [7, 11) is 1.84. The van der Waals surface area contributed by atoms with Crippen LogP contribution in [0.1, 0.15) is 16.7 Å². The van der Waals surface area contributed by atoms with E-state index in [4.69, 9.17) is 11.6 Å². The fourth-order valence-corrected chi connectivity index (χ4v) is 3.90. The molecule has 1 aliphatic heterocycles. The lowest BCUT2D eigenvalue weighted by atomic mass is 10.0. The van der Waals surface area contributed by atoms with E-state index in [0.717, 1.165) is 5.56 Å². The molecule has 4 rings (SSSR count). The number of anilines is 1. The van der Waals surface area contributed by atoms with Crippen molar-refractivity contribution in [3.05, 3.63) is 106 Å². The van der Waals surface area contributed by atoms with Gasteiger partial charge in [0.2, 0.25) is 0 Å². The van der Waals surface area contributed by atoms with Gasteiger partial charge in [-0.2, -0.15) is 0 Å². The minimum Gasteiger partial charge on any atom is -0.365 e. The molecule has 0 bridgehead atoms. The molecule has 1 aliphatic rings. The second-order valence-corrected chi connectivity index (χ2v) is 7.67. The van der Waals surface area contributed by atoms with Gasteiger partial charge in [-0.15, -0.1) is 0 Å². The molecule has 0 spiro atoms. The van der Waals surface area contributed by atoms with Crippen LogP contribution in [0.5, 0.6) is 0 Å². The highest BCUT2D eigenvalue weighted by molar-refractivity contribution is 6.45. The lowest BCUT2D eigenvalue weighted by molar-refractivity contribution is -0.120. The van der Waals surface area contributed by atoms with Crippen LogP contribution >= 0.6 is 11.6 Å². The van der Waals surface area contributed by atoms with Crippen molar-refractivity contribution in [2.45, 2.75) is 13.5 Å². The van der Waals surface area contributed by atoms with Crippen LogP contribution in [-0.2, 0) is 16.1 Å². The Bertz CT molecular complexity index is 1140. The summed E-state index contributed by atoms with van der Waals surface area (Å²) < 4.78 is 0. The number of carbonyl (C=O) groups is 2. The van der Waals surface area contributed by atoms with Gasteiger partial charge in [0.25, 0.3) is 11.8 Å². The van der Waals surface area contributed by atoms with E-state index >= 15 is 0 Å². The van der Waals surface area contributed by atoms with Crippen molar-refractivity contribution in [3.8, 4) is 0 Å². The maximum Gasteiger partial charge on any atom is 0.282 e. The number of likely N-dealkylation sites (N-methyl/N-ethyl adjacent to an activating group) is 1. The summed E-state index contributed by atoms with van der Waals surface area (Å²) >= 11 is 6.27. The second-order valence-electron chi connectivity index (χ2n) is 7.26. The van der Waals surface area contributed by atoms with Crippen molar-refractivity contribution in [1.29, 1.82) is 0 Å². The fraction of sp³-hybridized carbons (Fsp3) is 0.120. The largest absolute Gasteiger partial charge is 0.365 e. The van der Waals surface area contributed by atoms with Crippen LogP contribution in [0, 0.1) is 6.92 Å². The van der Waals surface area contributed by atoms with Gasteiger partial charge >= 0.3 is 0 Å². The van der Waals surface area contributed by atoms with Gasteiger partial charge < -0.3 is 4.90 Å². The molecule has 0 aromatic heterocycles. The number of nitrogens with zero attached hydrogens (tertiary/aromatic N) is 2. The highest BCUT2D eigenvalue weighted by Crippen LogP contribution is 2.37. The molecular formula is C25H21ClN2O2. The zero-order chi connectivity index (χ0) is 21.3. The summed E-state index contributed by atoms with van der Waals surface area (Å²) in [4.78, 5) is 30.2. The van der Waals surface area contributed by atoms with Crippen molar-refractivity contribution in [2.75, 3.05) is 11.9 Å². The number of rotatable bonds is 5. The molecule has 0 N–H and O–H groups in total. The van der Waals surface area contributed by atoms with E-state index < -0.39 is 0 Å². The topological polar surface area (TPSA) is 40.6 Å². The molecule has 1 heterocycles. The average molecular weight is 417 g/mol. The number of carbonyl (C=O) groups excluding carboxylic acids is 2. The molecule has 2 amide bonds. The predicted octanol–water partition coefficient (Wildman–Crippen LogP) is 5.06. The number of hydrogen-bond acceptors (Lipinski definition) is 3. The van der Waals surface area contributed by atoms with Crippen LogP contribution in [0.25, 0.3) is 5.57 Å². The van der Waals surface area contributed by atoms with Gasteiger partial charge in [0.05, 0.1) is 11.3 Å². The molecule has 0 saturated carbocycles. The first-order valence-electron chi connectivity index (χ1n) is 9.67. The van der Waals surface area contributed by atoms with Gasteiger partial charge in [0.15, 0.2) is 0 Å². The number of imide groups is 1. The molecule has 0 atom stereocenters. The first-order chi connectivity index (χ1) is 14.5. The Balaban J connectivity index is 1.82. The Kier molecular flexibility index (Phi) is 5.42. The minimum atomic E-state index is -0.345. The molecule has 30 heavy (non-hydrogen) atoms. The van der Waals surface area contributed by atoms with Crippen molar-refractivity contribution < 1.29 is 9.59 Å². The molecule has 150 valence electrons. The van der Waals surface area contributed by atoms with Crippen molar-refractivity contribution in [3.63, 3.8) is 0 Å². The molecule has 3 aromatic carbocycles. The van der Waals surface area contributed by atoms with Crippen LogP contribution in [-0.4, -0.2) is 23.8 Å². The predicted molar refractivity (Wildman–Crippen MR) is 120 cm³/mol. The summed E-state index contributed by atoms with van der Waals surface area (Å²) in [6, 6.07) is 24.4. The smallest absolute Gasteiger partial charge is 0.282 e. The fourth-order valence-electron chi connectivity index (χ4n) is 3.73.